The Kier molecular flexibility index (Phi) is 3.22. The molecule has 0 radical (unpaired) electrons. The Morgan fingerprint density at radius 2 is 1.89 bits per heavy atom. The summed E-state index contributed by atoms with van der Waals surface area (Å²) < 4.78 is 13.4. The fraction of sp³-hybridized carbons (Fsp3) is 0.250. The third-order valence-electron chi connectivity index (χ3n) is 3.62. The van der Waals surface area contributed by atoms with Crippen molar-refractivity contribution >= 4 is 11.4 Å². The lowest BCUT2D eigenvalue weighted by Gasteiger charge is -2.20. The number of rotatable bonds is 3. The summed E-state index contributed by atoms with van der Waals surface area (Å²) in [5.74, 6) is -0.176. The average molecular weight is 256 g/mol. The van der Waals surface area contributed by atoms with Gasteiger partial charge in [-0.05, 0) is 54.8 Å². The van der Waals surface area contributed by atoms with Crippen molar-refractivity contribution in [3.8, 4) is 0 Å². The van der Waals surface area contributed by atoms with Gasteiger partial charge in [-0.15, -0.1) is 0 Å². The highest BCUT2D eigenvalue weighted by Crippen LogP contribution is 2.34. The second-order valence-corrected chi connectivity index (χ2v) is 4.88. The third kappa shape index (κ3) is 2.34. The molecule has 19 heavy (non-hydrogen) atoms. The number of benzene rings is 2. The van der Waals surface area contributed by atoms with E-state index in [1.807, 2.05) is 6.07 Å². The highest BCUT2D eigenvalue weighted by molar-refractivity contribution is 5.69. The van der Waals surface area contributed by atoms with Crippen LogP contribution in [0.15, 0.2) is 42.5 Å². The molecular formula is C16H17FN2. The number of halogens is 1. The van der Waals surface area contributed by atoms with Crippen LogP contribution in [0, 0.1) is 5.82 Å². The first-order valence-electron chi connectivity index (χ1n) is 6.63. The summed E-state index contributed by atoms with van der Waals surface area (Å²) in [5.41, 5.74) is 10.1. The quantitative estimate of drug-likeness (QED) is 0.914. The predicted octanol–water partition coefficient (Wildman–Crippen LogP) is 3.02. The molecule has 98 valence electrons. The van der Waals surface area contributed by atoms with E-state index in [4.69, 9.17) is 5.73 Å². The van der Waals surface area contributed by atoms with Crippen molar-refractivity contribution < 1.29 is 4.39 Å². The van der Waals surface area contributed by atoms with Crippen LogP contribution < -0.4 is 10.6 Å². The fourth-order valence-corrected chi connectivity index (χ4v) is 2.63. The second-order valence-electron chi connectivity index (χ2n) is 4.88. The summed E-state index contributed by atoms with van der Waals surface area (Å²) in [4.78, 5) is 2.17. The molecule has 0 bridgehead atoms. The van der Waals surface area contributed by atoms with Gasteiger partial charge in [0.25, 0.3) is 0 Å². The Bertz CT molecular complexity index is 578. The lowest BCUT2D eigenvalue weighted by molar-refractivity contribution is 0.628. The van der Waals surface area contributed by atoms with Crippen LogP contribution in [0.3, 0.4) is 0 Å². The second kappa shape index (κ2) is 5.02. The molecule has 0 aromatic heterocycles. The summed E-state index contributed by atoms with van der Waals surface area (Å²) in [6.07, 6.45) is 1.87. The van der Waals surface area contributed by atoms with Crippen molar-refractivity contribution in [1.82, 2.24) is 0 Å². The maximum atomic E-state index is 13.4. The molecular weight excluding hydrogens is 239 g/mol. The van der Waals surface area contributed by atoms with Gasteiger partial charge in [-0.1, -0.05) is 18.2 Å². The number of hydrogen-bond acceptors (Lipinski definition) is 2. The molecule has 0 spiro atoms. The van der Waals surface area contributed by atoms with Crippen molar-refractivity contribution in [2.24, 2.45) is 5.73 Å². The van der Waals surface area contributed by atoms with Gasteiger partial charge in [0.2, 0.25) is 0 Å². The Balaban J connectivity index is 1.90. The van der Waals surface area contributed by atoms with Gasteiger partial charge >= 0.3 is 0 Å². The zero-order chi connectivity index (χ0) is 13.2. The van der Waals surface area contributed by atoms with E-state index >= 15 is 0 Å². The number of hydrogen-bond donors (Lipinski definition) is 1. The van der Waals surface area contributed by atoms with E-state index in [9.17, 15) is 4.39 Å². The first-order chi connectivity index (χ1) is 9.28. The number of nitrogens with zero attached hydrogens (tertiary/aromatic N) is 1. The van der Waals surface area contributed by atoms with Gasteiger partial charge in [0, 0.05) is 17.9 Å². The molecule has 0 atom stereocenters. The summed E-state index contributed by atoms with van der Waals surface area (Å²) in [6.45, 7) is 1.58. The topological polar surface area (TPSA) is 29.3 Å². The van der Waals surface area contributed by atoms with Crippen LogP contribution in [0.2, 0.25) is 0 Å². The van der Waals surface area contributed by atoms with Crippen molar-refractivity contribution in [1.29, 1.82) is 0 Å². The van der Waals surface area contributed by atoms with Gasteiger partial charge in [0.1, 0.15) is 5.82 Å². The number of nitrogens with two attached hydrogens (primary N) is 1. The largest absolute Gasteiger partial charge is 0.341 e. The maximum Gasteiger partial charge on any atom is 0.125 e. The molecule has 0 amide bonds. The lowest BCUT2D eigenvalue weighted by atomic mass is 10.1. The molecule has 0 fully saturated rings. The van der Waals surface area contributed by atoms with Gasteiger partial charge in [0.15, 0.2) is 0 Å². The SMILES string of the molecule is NCCc1ccc(N2CCc3ccc(F)cc32)cc1. The third-order valence-corrected chi connectivity index (χ3v) is 3.62. The predicted molar refractivity (Wildman–Crippen MR) is 76.3 cm³/mol. The maximum absolute atomic E-state index is 13.4. The van der Waals surface area contributed by atoms with Crippen LogP contribution in [0.4, 0.5) is 15.8 Å². The minimum atomic E-state index is -0.176. The van der Waals surface area contributed by atoms with Gasteiger partial charge in [-0.2, -0.15) is 0 Å². The fourth-order valence-electron chi connectivity index (χ4n) is 2.63. The summed E-state index contributed by atoms with van der Waals surface area (Å²) in [5, 5.41) is 0. The zero-order valence-corrected chi connectivity index (χ0v) is 10.8. The first-order valence-corrected chi connectivity index (χ1v) is 6.63. The molecule has 1 aliphatic rings. The van der Waals surface area contributed by atoms with Crippen LogP contribution in [0.1, 0.15) is 11.1 Å². The summed E-state index contributed by atoms with van der Waals surface area (Å²) in [7, 11) is 0. The van der Waals surface area contributed by atoms with Crippen LogP contribution in [0.5, 0.6) is 0 Å². The van der Waals surface area contributed by atoms with Crippen molar-refractivity contribution in [2.45, 2.75) is 12.8 Å². The van der Waals surface area contributed by atoms with E-state index < -0.39 is 0 Å². The summed E-state index contributed by atoms with van der Waals surface area (Å²) >= 11 is 0. The van der Waals surface area contributed by atoms with Gasteiger partial charge < -0.3 is 10.6 Å². The smallest absolute Gasteiger partial charge is 0.125 e. The molecule has 2 nitrogen and oxygen atoms in total. The molecule has 3 rings (SSSR count). The molecule has 1 heterocycles. The van der Waals surface area contributed by atoms with Crippen LogP contribution in [-0.4, -0.2) is 13.1 Å². The van der Waals surface area contributed by atoms with E-state index in [1.54, 1.807) is 6.07 Å². The zero-order valence-electron chi connectivity index (χ0n) is 10.8. The minimum absolute atomic E-state index is 0.176. The normalized spacial score (nSPS) is 13.7. The van der Waals surface area contributed by atoms with Gasteiger partial charge in [0.05, 0.1) is 0 Å². The highest BCUT2D eigenvalue weighted by atomic mass is 19.1. The first kappa shape index (κ1) is 12.2. The molecule has 0 aliphatic carbocycles. The lowest BCUT2D eigenvalue weighted by Crippen LogP contribution is -2.13. The van der Waals surface area contributed by atoms with Crippen LogP contribution in [-0.2, 0) is 12.8 Å². The highest BCUT2D eigenvalue weighted by Gasteiger charge is 2.20. The molecule has 0 unspecified atom stereocenters. The van der Waals surface area contributed by atoms with Crippen molar-refractivity contribution in [3.63, 3.8) is 0 Å². The molecule has 3 heteroatoms. The number of fused-ring (bicyclic) bond motifs is 1. The molecule has 0 saturated carbocycles. The van der Waals surface area contributed by atoms with Gasteiger partial charge in [-0.25, -0.2) is 4.39 Å². The number of anilines is 2. The average Bonchev–Trinajstić information content (AvgIpc) is 2.83. The standard InChI is InChI=1S/C16H17FN2/c17-14-4-3-13-8-10-19(16(13)11-14)15-5-1-12(2-6-15)7-9-18/h1-6,11H,7-10,18H2. The Hall–Kier alpha value is -1.87. The Morgan fingerprint density at radius 3 is 2.63 bits per heavy atom. The van der Waals surface area contributed by atoms with Crippen molar-refractivity contribution in [3.05, 3.63) is 59.4 Å². The summed E-state index contributed by atoms with van der Waals surface area (Å²) in [6, 6.07) is 13.4. The minimum Gasteiger partial charge on any atom is -0.341 e. The van der Waals surface area contributed by atoms with E-state index in [0.29, 0.717) is 6.54 Å². The van der Waals surface area contributed by atoms with E-state index in [0.717, 1.165) is 30.8 Å². The van der Waals surface area contributed by atoms with E-state index in [2.05, 4.69) is 29.2 Å². The molecule has 2 aromatic carbocycles. The molecule has 0 saturated heterocycles. The molecule has 2 N–H and O–H groups in total. The molecule has 2 aromatic rings. The molecule has 1 aliphatic heterocycles. The Morgan fingerprint density at radius 1 is 1.11 bits per heavy atom. The van der Waals surface area contributed by atoms with E-state index in [1.165, 1.54) is 17.2 Å². The van der Waals surface area contributed by atoms with Crippen LogP contribution in [0.25, 0.3) is 0 Å². The Labute approximate surface area is 112 Å². The van der Waals surface area contributed by atoms with Crippen LogP contribution >= 0.6 is 0 Å². The monoisotopic (exact) mass is 256 g/mol. The van der Waals surface area contributed by atoms with Crippen molar-refractivity contribution in [2.75, 3.05) is 18.0 Å². The van der Waals surface area contributed by atoms with E-state index in [-0.39, 0.29) is 5.82 Å². The van der Waals surface area contributed by atoms with Gasteiger partial charge in [-0.3, -0.25) is 0 Å².